The number of amides is 3. The Morgan fingerprint density at radius 2 is 1.65 bits per heavy atom. The Hall–Kier alpha value is -3.13. The third-order valence-electron chi connectivity index (χ3n) is 5.25. The zero-order valence-corrected chi connectivity index (χ0v) is 19.9. The third-order valence-corrected chi connectivity index (χ3v) is 5.61. The van der Waals surface area contributed by atoms with E-state index < -0.39 is 60.2 Å². The highest BCUT2D eigenvalue weighted by Crippen LogP contribution is 2.07. The number of imidazole rings is 1. The minimum atomic E-state index is -1.37. The van der Waals surface area contributed by atoms with Crippen LogP contribution in [0.5, 0.6) is 0 Å². The number of nitrogens with one attached hydrogen (secondary N) is 4. The lowest BCUT2D eigenvalue weighted by Crippen LogP contribution is -2.58. The van der Waals surface area contributed by atoms with E-state index in [0.29, 0.717) is 12.1 Å². The summed E-state index contributed by atoms with van der Waals surface area (Å²) in [6.07, 6.45) is 2.52. The molecule has 13 nitrogen and oxygen atoms in total. The molecule has 14 heteroatoms. The van der Waals surface area contributed by atoms with Gasteiger partial charge in [0.1, 0.15) is 18.1 Å². The number of carboxylic acid groups (broad SMARTS) is 2. The third kappa shape index (κ3) is 9.39. The number of nitrogens with zero attached hydrogens (tertiary/aromatic N) is 1. The lowest BCUT2D eigenvalue weighted by atomic mass is 9.99. The standard InChI is InChI=1S/C20H32N6O7S/c1-3-10(2)16(21)19(31)26-14(8-34)18(30)24-12(4-5-15(27)28)17(29)25-13(20(32)33)6-11-7-22-9-23-11/h7,9-10,12-14,16,34H,3-6,8,21H2,1-2H3,(H,22,23)(H,24,30)(H,25,29)(H,26,31)(H,27,28)(H,32,33). The summed E-state index contributed by atoms with van der Waals surface area (Å²) >= 11 is 4.07. The fourth-order valence-corrected chi connectivity index (χ4v) is 3.13. The summed E-state index contributed by atoms with van der Waals surface area (Å²) in [7, 11) is 0. The van der Waals surface area contributed by atoms with Gasteiger partial charge in [0.15, 0.2) is 0 Å². The molecule has 1 aromatic rings. The van der Waals surface area contributed by atoms with Crippen molar-refractivity contribution in [1.82, 2.24) is 25.9 Å². The highest BCUT2D eigenvalue weighted by Gasteiger charge is 2.31. The van der Waals surface area contributed by atoms with E-state index in [2.05, 4.69) is 38.5 Å². The average Bonchev–Trinajstić information content (AvgIpc) is 3.31. The first kappa shape index (κ1) is 28.9. The van der Waals surface area contributed by atoms with E-state index in [1.807, 2.05) is 6.92 Å². The number of carbonyl (C=O) groups excluding carboxylic acids is 3. The van der Waals surface area contributed by atoms with E-state index in [1.165, 1.54) is 12.5 Å². The quantitative estimate of drug-likeness (QED) is 0.133. The second-order valence-corrected chi connectivity index (χ2v) is 8.19. The Morgan fingerprint density at radius 3 is 2.15 bits per heavy atom. The molecule has 0 aliphatic carbocycles. The number of hydrogen-bond acceptors (Lipinski definition) is 8. The SMILES string of the molecule is CCC(C)C(N)C(=O)NC(CS)C(=O)NC(CCC(=O)O)C(=O)NC(Cc1cnc[nH]1)C(=O)O. The molecule has 1 rings (SSSR count). The normalized spacial score (nSPS) is 15.3. The topological polar surface area (TPSA) is 217 Å². The molecule has 0 aliphatic rings. The highest BCUT2D eigenvalue weighted by molar-refractivity contribution is 7.80. The Morgan fingerprint density at radius 1 is 1.06 bits per heavy atom. The molecule has 5 unspecified atom stereocenters. The van der Waals surface area contributed by atoms with E-state index in [1.54, 1.807) is 6.92 Å². The summed E-state index contributed by atoms with van der Waals surface area (Å²) in [5, 5.41) is 25.6. The second-order valence-electron chi connectivity index (χ2n) is 7.83. The molecular weight excluding hydrogens is 468 g/mol. The van der Waals surface area contributed by atoms with Crippen molar-refractivity contribution in [1.29, 1.82) is 0 Å². The Kier molecular flexibility index (Phi) is 12.1. The van der Waals surface area contributed by atoms with Crippen molar-refractivity contribution in [3.8, 4) is 0 Å². The lowest BCUT2D eigenvalue weighted by molar-refractivity contribution is -0.143. The van der Waals surface area contributed by atoms with Crippen LogP contribution in [0.15, 0.2) is 12.5 Å². The number of carbonyl (C=O) groups is 5. The summed E-state index contributed by atoms with van der Waals surface area (Å²) in [4.78, 5) is 67.0. The summed E-state index contributed by atoms with van der Waals surface area (Å²) in [6, 6.07) is -4.72. The minimum absolute atomic E-state index is 0.108. The van der Waals surface area contributed by atoms with Crippen LogP contribution in [-0.2, 0) is 30.4 Å². The molecule has 0 spiro atoms. The smallest absolute Gasteiger partial charge is 0.326 e. The molecule has 0 saturated heterocycles. The molecule has 0 fully saturated rings. The van der Waals surface area contributed by atoms with E-state index in [9.17, 15) is 29.1 Å². The first-order chi connectivity index (χ1) is 16.0. The van der Waals surface area contributed by atoms with Gasteiger partial charge < -0.3 is 36.9 Å². The number of nitrogens with two attached hydrogens (primary N) is 1. The molecule has 8 N–H and O–H groups in total. The molecule has 0 aromatic carbocycles. The molecular formula is C20H32N6O7S. The Bertz CT molecular complexity index is 850. The summed E-state index contributed by atoms with van der Waals surface area (Å²) in [6.45, 7) is 3.65. The predicted octanol–water partition coefficient (Wildman–Crippen LogP) is -1.34. The number of rotatable bonds is 15. The summed E-state index contributed by atoms with van der Waals surface area (Å²) < 4.78 is 0. The van der Waals surface area contributed by atoms with Gasteiger partial charge in [0.25, 0.3) is 0 Å². The van der Waals surface area contributed by atoms with Crippen LogP contribution in [-0.4, -0.2) is 79.8 Å². The molecule has 3 amide bonds. The monoisotopic (exact) mass is 500 g/mol. The molecule has 0 saturated carbocycles. The molecule has 0 aliphatic heterocycles. The summed E-state index contributed by atoms with van der Waals surface area (Å²) in [5.41, 5.74) is 6.34. The van der Waals surface area contributed by atoms with Gasteiger partial charge in [0.05, 0.1) is 12.4 Å². The number of hydrogen-bond donors (Lipinski definition) is 8. The van der Waals surface area contributed by atoms with E-state index >= 15 is 0 Å². The maximum Gasteiger partial charge on any atom is 0.326 e. The molecule has 190 valence electrons. The van der Waals surface area contributed by atoms with Gasteiger partial charge in [0, 0.05) is 30.5 Å². The van der Waals surface area contributed by atoms with Crippen LogP contribution in [0.1, 0.15) is 38.8 Å². The summed E-state index contributed by atoms with van der Waals surface area (Å²) in [5.74, 6) is -5.03. The van der Waals surface area contributed by atoms with Gasteiger partial charge in [0.2, 0.25) is 17.7 Å². The van der Waals surface area contributed by atoms with Gasteiger partial charge >= 0.3 is 11.9 Å². The molecule has 1 heterocycles. The van der Waals surface area contributed by atoms with Crippen molar-refractivity contribution < 1.29 is 34.2 Å². The lowest BCUT2D eigenvalue weighted by Gasteiger charge is -2.25. The van der Waals surface area contributed by atoms with Crippen LogP contribution < -0.4 is 21.7 Å². The van der Waals surface area contributed by atoms with Crippen molar-refractivity contribution in [3.05, 3.63) is 18.2 Å². The fraction of sp³-hybridized carbons (Fsp3) is 0.600. The second kappa shape index (κ2) is 14.2. The molecule has 5 atom stereocenters. The zero-order chi connectivity index (χ0) is 25.8. The van der Waals surface area contributed by atoms with Gasteiger partial charge in [-0.1, -0.05) is 20.3 Å². The maximum absolute atomic E-state index is 12.8. The number of aromatic nitrogens is 2. The van der Waals surface area contributed by atoms with Crippen molar-refractivity contribution >= 4 is 42.3 Å². The van der Waals surface area contributed by atoms with E-state index in [4.69, 9.17) is 10.8 Å². The highest BCUT2D eigenvalue weighted by atomic mass is 32.1. The first-order valence-electron chi connectivity index (χ1n) is 10.7. The zero-order valence-electron chi connectivity index (χ0n) is 19.0. The van der Waals surface area contributed by atoms with E-state index in [0.717, 1.165) is 0 Å². The first-order valence-corrected chi connectivity index (χ1v) is 11.3. The number of thiol groups is 1. The number of carboxylic acids is 2. The average molecular weight is 501 g/mol. The van der Waals surface area contributed by atoms with Crippen molar-refractivity contribution in [3.63, 3.8) is 0 Å². The molecule has 1 aromatic heterocycles. The van der Waals surface area contributed by atoms with Crippen LogP contribution in [0.2, 0.25) is 0 Å². The van der Waals surface area contributed by atoms with Gasteiger partial charge in [-0.05, 0) is 12.3 Å². The Labute approximate surface area is 202 Å². The fourth-order valence-electron chi connectivity index (χ4n) is 2.87. The Balaban J connectivity index is 2.92. The van der Waals surface area contributed by atoms with Crippen molar-refractivity contribution in [2.75, 3.05) is 5.75 Å². The van der Waals surface area contributed by atoms with Crippen LogP contribution in [0.3, 0.4) is 0 Å². The molecule has 34 heavy (non-hydrogen) atoms. The van der Waals surface area contributed by atoms with Crippen LogP contribution in [0.25, 0.3) is 0 Å². The number of aromatic amines is 1. The van der Waals surface area contributed by atoms with Gasteiger partial charge in [-0.15, -0.1) is 0 Å². The largest absolute Gasteiger partial charge is 0.481 e. The predicted molar refractivity (Wildman–Crippen MR) is 124 cm³/mol. The van der Waals surface area contributed by atoms with Crippen molar-refractivity contribution in [2.24, 2.45) is 11.7 Å². The van der Waals surface area contributed by atoms with Crippen LogP contribution >= 0.6 is 12.6 Å². The van der Waals surface area contributed by atoms with Crippen molar-refractivity contribution in [2.45, 2.75) is 63.7 Å². The van der Waals surface area contributed by atoms with Gasteiger partial charge in [-0.3, -0.25) is 19.2 Å². The number of aliphatic carboxylic acids is 2. The van der Waals surface area contributed by atoms with Crippen LogP contribution in [0, 0.1) is 5.92 Å². The van der Waals surface area contributed by atoms with Crippen LogP contribution in [0.4, 0.5) is 0 Å². The molecule has 0 bridgehead atoms. The number of H-pyrrole nitrogens is 1. The van der Waals surface area contributed by atoms with Gasteiger partial charge in [-0.25, -0.2) is 9.78 Å². The maximum atomic E-state index is 12.8. The molecule has 0 radical (unpaired) electrons. The van der Waals surface area contributed by atoms with E-state index in [-0.39, 0.29) is 24.5 Å². The minimum Gasteiger partial charge on any atom is -0.481 e. The van der Waals surface area contributed by atoms with Gasteiger partial charge in [-0.2, -0.15) is 12.6 Å².